The van der Waals surface area contributed by atoms with E-state index in [0.717, 1.165) is 30.6 Å². The van der Waals surface area contributed by atoms with Gasteiger partial charge in [0.05, 0.1) is 6.42 Å². The molecule has 0 aromatic carbocycles. The highest BCUT2D eigenvalue weighted by molar-refractivity contribution is 7.91. The second-order valence-corrected chi connectivity index (χ2v) is 9.78. The summed E-state index contributed by atoms with van der Waals surface area (Å²) in [5.74, 6) is -1.24. The first-order chi connectivity index (χ1) is 11.9. The van der Waals surface area contributed by atoms with Gasteiger partial charge in [-0.3, -0.25) is 4.79 Å². The maximum atomic E-state index is 12.6. The van der Waals surface area contributed by atoms with Crippen molar-refractivity contribution in [2.24, 2.45) is 0 Å². The third kappa shape index (κ3) is 3.88. The van der Waals surface area contributed by atoms with Gasteiger partial charge in [0.25, 0.3) is 10.0 Å². The van der Waals surface area contributed by atoms with Gasteiger partial charge in [-0.25, -0.2) is 13.2 Å². The molecule has 0 aliphatic carbocycles. The molecule has 2 aliphatic rings. The fraction of sp³-hybridized carbons (Fsp3) is 0.625. The molecule has 0 bridgehead atoms. The van der Waals surface area contributed by atoms with Crippen molar-refractivity contribution in [3.63, 3.8) is 0 Å². The fourth-order valence-electron chi connectivity index (χ4n) is 3.40. The number of aliphatic carboxylic acids is 1. The minimum Gasteiger partial charge on any atom is -0.480 e. The summed E-state index contributed by atoms with van der Waals surface area (Å²) >= 11 is 1.11. The third-order valence-electron chi connectivity index (χ3n) is 4.73. The summed E-state index contributed by atoms with van der Waals surface area (Å²) < 4.78 is 27.1. The average molecular weight is 386 g/mol. The number of sulfonamides is 1. The number of thiophene rings is 1. The van der Waals surface area contributed by atoms with Crippen LogP contribution in [0.5, 0.6) is 0 Å². The van der Waals surface area contributed by atoms with E-state index in [0.29, 0.717) is 37.4 Å². The second-order valence-electron chi connectivity index (χ2n) is 6.45. The molecule has 2 aliphatic heterocycles. The van der Waals surface area contributed by atoms with Crippen LogP contribution in [0, 0.1) is 0 Å². The van der Waals surface area contributed by atoms with Crippen LogP contribution in [0.1, 0.15) is 37.0 Å². The lowest BCUT2D eigenvalue weighted by atomic mass is 10.2. The molecule has 1 N–H and O–H groups in total. The summed E-state index contributed by atoms with van der Waals surface area (Å²) in [5.41, 5.74) is 0. The summed E-state index contributed by atoms with van der Waals surface area (Å²) in [4.78, 5) is 25.6. The van der Waals surface area contributed by atoms with Gasteiger partial charge in [0.15, 0.2) is 0 Å². The van der Waals surface area contributed by atoms with Crippen molar-refractivity contribution in [2.45, 2.75) is 48.8 Å². The van der Waals surface area contributed by atoms with E-state index in [4.69, 9.17) is 0 Å². The number of piperidine rings is 1. The quantitative estimate of drug-likeness (QED) is 0.828. The van der Waals surface area contributed by atoms with Gasteiger partial charge in [-0.15, -0.1) is 11.3 Å². The van der Waals surface area contributed by atoms with E-state index in [1.807, 2.05) is 0 Å². The molecule has 2 saturated heterocycles. The lowest BCUT2D eigenvalue weighted by molar-refractivity contribution is -0.147. The Morgan fingerprint density at radius 1 is 1.12 bits per heavy atom. The van der Waals surface area contributed by atoms with Crippen molar-refractivity contribution in [3.8, 4) is 0 Å². The van der Waals surface area contributed by atoms with E-state index in [2.05, 4.69) is 0 Å². The number of carboxylic acid groups (broad SMARTS) is 1. The zero-order valence-electron chi connectivity index (χ0n) is 13.9. The van der Waals surface area contributed by atoms with E-state index in [-0.39, 0.29) is 16.5 Å². The van der Waals surface area contributed by atoms with E-state index < -0.39 is 22.0 Å². The molecule has 25 heavy (non-hydrogen) atoms. The fourth-order valence-corrected chi connectivity index (χ4v) is 6.42. The molecule has 0 radical (unpaired) electrons. The molecular formula is C16H22N2O5S2. The molecule has 3 rings (SSSR count). The standard InChI is InChI=1S/C16H22N2O5S2/c19-14(18-10-4-5-13(18)16(20)21)11-12-6-7-15(24-12)25(22,23)17-8-2-1-3-9-17/h6-7,13H,1-5,8-11H2,(H,20,21)/t13-/m1/s1. The number of rotatable bonds is 5. The van der Waals surface area contributed by atoms with Gasteiger partial charge in [-0.2, -0.15) is 4.31 Å². The van der Waals surface area contributed by atoms with Crippen LogP contribution in [0.4, 0.5) is 0 Å². The van der Waals surface area contributed by atoms with Crippen molar-refractivity contribution in [2.75, 3.05) is 19.6 Å². The minimum atomic E-state index is -3.49. The van der Waals surface area contributed by atoms with Crippen molar-refractivity contribution in [3.05, 3.63) is 17.0 Å². The number of amides is 1. The Morgan fingerprint density at radius 3 is 2.52 bits per heavy atom. The van der Waals surface area contributed by atoms with Crippen LogP contribution in [0.15, 0.2) is 16.3 Å². The lowest BCUT2D eigenvalue weighted by Crippen LogP contribution is -2.41. The van der Waals surface area contributed by atoms with Gasteiger partial charge in [-0.05, 0) is 37.8 Å². The van der Waals surface area contributed by atoms with Crippen molar-refractivity contribution in [1.29, 1.82) is 0 Å². The largest absolute Gasteiger partial charge is 0.480 e. The van der Waals surface area contributed by atoms with Crippen molar-refractivity contribution < 1.29 is 23.1 Å². The van der Waals surface area contributed by atoms with Crippen LogP contribution in [0.3, 0.4) is 0 Å². The second kappa shape index (κ2) is 7.43. The topological polar surface area (TPSA) is 95.0 Å². The Morgan fingerprint density at radius 2 is 1.84 bits per heavy atom. The lowest BCUT2D eigenvalue weighted by Gasteiger charge is -2.25. The number of carbonyl (C=O) groups is 2. The molecule has 1 atom stereocenters. The Bertz CT molecular complexity index is 752. The average Bonchev–Trinajstić information content (AvgIpc) is 3.25. The molecule has 0 unspecified atom stereocenters. The van der Waals surface area contributed by atoms with Gasteiger partial charge in [0, 0.05) is 24.5 Å². The SMILES string of the molecule is O=C(O)[C@H]1CCCN1C(=O)Cc1ccc(S(=O)(=O)N2CCCCC2)s1. The normalized spacial score (nSPS) is 22.2. The number of carbonyl (C=O) groups excluding carboxylic acids is 1. The van der Waals surface area contributed by atoms with Crippen molar-refractivity contribution in [1.82, 2.24) is 9.21 Å². The van der Waals surface area contributed by atoms with Gasteiger partial charge in [0.1, 0.15) is 10.3 Å². The highest BCUT2D eigenvalue weighted by Gasteiger charge is 2.34. The molecule has 1 aromatic rings. The van der Waals surface area contributed by atoms with Gasteiger partial charge in [-0.1, -0.05) is 6.42 Å². The number of likely N-dealkylation sites (tertiary alicyclic amines) is 1. The highest BCUT2D eigenvalue weighted by atomic mass is 32.2. The summed E-state index contributed by atoms with van der Waals surface area (Å²) in [6.07, 6.45) is 4.01. The van der Waals surface area contributed by atoms with Crippen LogP contribution in [0.25, 0.3) is 0 Å². The summed E-state index contributed by atoms with van der Waals surface area (Å²) in [7, 11) is -3.49. The van der Waals surface area contributed by atoms with Gasteiger partial charge in [0.2, 0.25) is 5.91 Å². The van der Waals surface area contributed by atoms with E-state index >= 15 is 0 Å². The summed E-state index contributed by atoms with van der Waals surface area (Å²) in [6, 6.07) is 2.45. The smallest absolute Gasteiger partial charge is 0.326 e. The highest BCUT2D eigenvalue weighted by Crippen LogP contribution is 2.28. The molecule has 138 valence electrons. The molecule has 9 heteroatoms. The zero-order chi connectivity index (χ0) is 18.0. The Balaban J connectivity index is 1.69. The predicted molar refractivity (Wildman–Crippen MR) is 93.0 cm³/mol. The van der Waals surface area contributed by atoms with Crippen molar-refractivity contribution >= 4 is 33.2 Å². The molecule has 0 saturated carbocycles. The first kappa shape index (κ1) is 18.3. The van der Waals surface area contributed by atoms with Gasteiger partial charge >= 0.3 is 5.97 Å². The van der Waals surface area contributed by atoms with Crippen LogP contribution >= 0.6 is 11.3 Å². The molecule has 3 heterocycles. The minimum absolute atomic E-state index is 0.0456. The maximum absolute atomic E-state index is 12.6. The maximum Gasteiger partial charge on any atom is 0.326 e. The molecule has 0 spiro atoms. The zero-order valence-corrected chi connectivity index (χ0v) is 15.5. The Labute approximate surface area is 151 Å². The van der Waals surface area contributed by atoms with Crippen LogP contribution in [-0.4, -0.2) is 60.3 Å². The molecule has 2 fully saturated rings. The molecule has 1 aromatic heterocycles. The Hall–Kier alpha value is -1.45. The molecule has 7 nitrogen and oxygen atoms in total. The van der Waals surface area contributed by atoms with Crippen LogP contribution in [0.2, 0.25) is 0 Å². The number of hydrogen-bond acceptors (Lipinski definition) is 5. The first-order valence-electron chi connectivity index (χ1n) is 8.51. The van der Waals surface area contributed by atoms with Crippen LogP contribution in [-0.2, 0) is 26.0 Å². The molecule has 1 amide bonds. The Kier molecular flexibility index (Phi) is 5.45. The summed E-state index contributed by atoms with van der Waals surface area (Å²) in [5, 5.41) is 9.18. The third-order valence-corrected chi connectivity index (χ3v) is 8.18. The molecular weight excluding hydrogens is 364 g/mol. The summed E-state index contributed by atoms with van der Waals surface area (Å²) in [6.45, 7) is 1.53. The predicted octanol–water partition coefficient (Wildman–Crippen LogP) is 1.54. The van der Waals surface area contributed by atoms with E-state index in [1.165, 1.54) is 9.21 Å². The number of carboxylic acids is 1. The van der Waals surface area contributed by atoms with E-state index in [1.54, 1.807) is 12.1 Å². The number of nitrogens with zero attached hydrogens (tertiary/aromatic N) is 2. The number of hydrogen-bond donors (Lipinski definition) is 1. The first-order valence-corrected chi connectivity index (χ1v) is 10.8. The van der Waals surface area contributed by atoms with Gasteiger partial charge < -0.3 is 10.0 Å². The van der Waals surface area contributed by atoms with Crippen LogP contribution < -0.4 is 0 Å². The monoisotopic (exact) mass is 386 g/mol. The van der Waals surface area contributed by atoms with E-state index in [9.17, 15) is 23.1 Å².